The van der Waals surface area contributed by atoms with Crippen molar-refractivity contribution in [3.63, 3.8) is 0 Å². The molecule has 5 heteroatoms. The minimum atomic E-state index is -0.100. The maximum absolute atomic E-state index is 13.1. The van der Waals surface area contributed by atoms with Crippen molar-refractivity contribution in [2.75, 3.05) is 5.32 Å². The molecule has 1 N–H and O–H groups in total. The number of carbonyl (C=O) groups is 1. The Balaban J connectivity index is 1.76. The Morgan fingerprint density at radius 2 is 1.61 bits per heavy atom. The smallest absolute Gasteiger partial charge is 0.273 e. The van der Waals surface area contributed by atoms with Gasteiger partial charge in [-0.25, -0.2) is 9.97 Å². The zero-order valence-corrected chi connectivity index (χ0v) is 16.5. The van der Waals surface area contributed by atoms with Gasteiger partial charge in [0.25, 0.3) is 5.91 Å². The molecule has 1 aromatic heterocycles. The molecule has 0 radical (unpaired) electrons. The van der Waals surface area contributed by atoms with Crippen LogP contribution >= 0.6 is 0 Å². The largest absolute Gasteiger partial charge is 0.363 e. The minimum absolute atomic E-state index is 0.0577. The second kappa shape index (κ2) is 9.13. The van der Waals surface area contributed by atoms with Crippen LogP contribution in [-0.2, 0) is 6.54 Å². The van der Waals surface area contributed by atoms with Crippen LogP contribution in [0.15, 0.2) is 73.1 Å². The molecule has 5 nitrogen and oxygen atoms in total. The molecule has 0 saturated carbocycles. The van der Waals surface area contributed by atoms with Crippen LogP contribution in [0.2, 0.25) is 0 Å². The maximum atomic E-state index is 13.1. The maximum Gasteiger partial charge on any atom is 0.273 e. The van der Waals surface area contributed by atoms with Crippen LogP contribution in [0.4, 0.5) is 5.82 Å². The van der Waals surface area contributed by atoms with E-state index in [9.17, 15) is 4.79 Å². The standard InChI is InChI=1S/C23H26N4O/c1-17(2)27(15-19-10-6-4-7-11-19)23(28)21-14-22(25-16-24-21)26-18(3)20-12-8-5-9-13-20/h4-14,16-18H,15H2,1-3H3,(H,24,25,26). The first-order chi connectivity index (χ1) is 13.5. The summed E-state index contributed by atoms with van der Waals surface area (Å²) in [6.45, 7) is 6.64. The van der Waals surface area contributed by atoms with E-state index in [2.05, 4.69) is 34.3 Å². The van der Waals surface area contributed by atoms with Gasteiger partial charge in [-0.05, 0) is 31.9 Å². The summed E-state index contributed by atoms with van der Waals surface area (Å²) in [5.41, 5.74) is 2.64. The van der Waals surface area contributed by atoms with Crippen molar-refractivity contribution in [2.24, 2.45) is 0 Å². The molecule has 0 bridgehead atoms. The van der Waals surface area contributed by atoms with E-state index in [-0.39, 0.29) is 18.0 Å². The zero-order valence-electron chi connectivity index (χ0n) is 16.5. The molecular weight excluding hydrogens is 348 g/mol. The van der Waals surface area contributed by atoms with Crippen molar-refractivity contribution in [1.82, 2.24) is 14.9 Å². The molecule has 0 fully saturated rings. The third kappa shape index (κ3) is 4.94. The Morgan fingerprint density at radius 1 is 0.964 bits per heavy atom. The lowest BCUT2D eigenvalue weighted by Gasteiger charge is -2.26. The predicted octanol–water partition coefficient (Wildman–Crippen LogP) is 4.70. The van der Waals surface area contributed by atoms with E-state index in [1.54, 1.807) is 6.07 Å². The Bertz CT molecular complexity index is 897. The zero-order chi connectivity index (χ0) is 19.9. The van der Waals surface area contributed by atoms with E-state index < -0.39 is 0 Å². The first-order valence-corrected chi connectivity index (χ1v) is 9.53. The topological polar surface area (TPSA) is 58.1 Å². The van der Waals surface area contributed by atoms with Gasteiger partial charge in [-0.3, -0.25) is 4.79 Å². The van der Waals surface area contributed by atoms with Gasteiger partial charge in [-0.1, -0.05) is 60.7 Å². The fourth-order valence-corrected chi connectivity index (χ4v) is 3.02. The van der Waals surface area contributed by atoms with Gasteiger partial charge in [0, 0.05) is 24.7 Å². The summed E-state index contributed by atoms with van der Waals surface area (Å²) in [5, 5.41) is 3.35. The SMILES string of the molecule is CC(Nc1cc(C(=O)N(Cc2ccccc2)C(C)C)ncn1)c1ccccc1. The van der Waals surface area contributed by atoms with Crippen molar-refractivity contribution in [3.05, 3.63) is 89.9 Å². The van der Waals surface area contributed by atoms with Gasteiger partial charge in [0.1, 0.15) is 17.8 Å². The second-order valence-electron chi connectivity index (χ2n) is 7.08. The van der Waals surface area contributed by atoms with Gasteiger partial charge in [0.15, 0.2) is 0 Å². The molecule has 0 aliphatic rings. The van der Waals surface area contributed by atoms with E-state index in [1.165, 1.54) is 6.33 Å². The predicted molar refractivity (Wildman–Crippen MR) is 112 cm³/mol. The molecule has 0 spiro atoms. The normalized spacial score (nSPS) is 11.9. The van der Waals surface area contributed by atoms with E-state index in [1.807, 2.05) is 67.3 Å². The highest BCUT2D eigenvalue weighted by Crippen LogP contribution is 2.19. The van der Waals surface area contributed by atoms with Crippen LogP contribution in [0.5, 0.6) is 0 Å². The van der Waals surface area contributed by atoms with E-state index in [4.69, 9.17) is 0 Å². The number of amides is 1. The van der Waals surface area contributed by atoms with Gasteiger partial charge in [-0.15, -0.1) is 0 Å². The van der Waals surface area contributed by atoms with Crippen LogP contribution in [0, 0.1) is 0 Å². The molecule has 1 amide bonds. The molecule has 144 valence electrons. The number of nitrogens with zero attached hydrogens (tertiary/aromatic N) is 3. The summed E-state index contributed by atoms with van der Waals surface area (Å²) in [7, 11) is 0. The molecule has 0 saturated heterocycles. The Hall–Kier alpha value is -3.21. The molecule has 1 atom stereocenters. The van der Waals surface area contributed by atoms with Gasteiger partial charge in [0.05, 0.1) is 0 Å². The second-order valence-corrected chi connectivity index (χ2v) is 7.08. The van der Waals surface area contributed by atoms with Crippen molar-refractivity contribution < 1.29 is 4.79 Å². The lowest BCUT2D eigenvalue weighted by Crippen LogP contribution is -2.37. The Kier molecular flexibility index (Phi) is 6.37. The summed E-state index contributed by atoms with van der Waals surface area (Å²) in [5.74, 6) is 0.537. The summed E-state index contributed by atoms with van der Waals surface area (Å²) < 4.78 is 0. The highest BCUT2D eigenvalue weighted by Gasteiger charge is 2.21. The monoisotopic (exact) mass is 374 g/mol. The Labute approximate surface area is 166 Å². The Morgan fingerprint density at radius 3 is 2.25 bits per heavy atom. The fourth-order valence-electron chi connectivity index (χ4n) is 3.02. The van der Waals surface area contributed by atoms with Crippen LogP contribution in [-0.4, -0.2) is 26.8 Å². The third-order valence-electron chi connectivity index (χ3n) is 4.63. The number of benzene rings is 2. The van der Waals surface area contributed by atoms with Crippen LogP contribution in [0.25, 0.3) is 0 Å². The molecule has 3 aromatic rings. The number of hydrogen-bond acceptors (Lipinski definition) is 4. The molecule has 1 heterocycles. The fraction of sp³-hybridized carbons (Fsp3) is 0.261. The average Bonchev–Trinajstić information content (AvgIpc) is 2.73. The summed E-state index contributed by atoms with van der Waals surface area (Å²) >= 11 is 0. The molecule has 3 rings (SSSR count). The number of anilines is 1. The molecule has 28 heavy (non-hydrogen) atoms. The summed E-state index contributed by atoms with van der Waals surface area (Å²) in [6, 6.07) is 22.0. The molecular formula is C23H26N4O. The number of rotatable bonds is 7. The van der Waals surface area contributed by atoms with E-state index >= 15 is 0 Å². The first-order valence-electron chi connectivity index (χ1n) is 9.53. The molecule has 0 aliphatic heterocycles. The van der Waals surface area contributed by atoms with Crippen molar-refractivity contribution in [1.29, 1.82) is 0 Å². The van der Waals surface area contributed by atoms with E-state index in [0.717, 1.165) is 11.1 Å². The lowest BCUT2D eigenvalue weighted by molar-refractivity contribution is 0.0684. The number of nitrogens with one attached hydrogen (secondary N) is 1. The van der Waals surface area contributed by atoms with Gasteiger partial charge in [0.2, 0.25) is 0 Å². The minimum Gasteiger partial charge on any atom is -0.363 e. The molecule has 0 aliphatic carbocycles. The number of carbonyl (C=O) groups excluding carboxylic acids is 1. The summed E-state index contributed by atoms with van der Waals surface area (Å²) in [6.07, 6.45) is 1.44. The van der Waals surface area contributed by atoms with Crippen molar-refractivity contribution in [3.8, 4) is 0 Å². The van der Waals surface area contributed by atoms with Crippen LogP contribution < -0.4 is 5.32 Å². The third-order valence-corrected chi connectivity index (χ3v) is 4.63. The van der Waals surface area contributed by atoms with Crippen molar-refractivity contribution >= 4 is 11.7 Å². The van der Waals surface area contributed by atoms with E-state index in [0.29, 0.717) is 18.1 Å². The molecule has 1 unspecified atom stereocenters. The number of aromatic nitrogens is 2. The van der Waals surface area contributed by atoms with Crippen LogP contribution in [0.1, 0.15) is 48.4 Å². The lowest BCUT2D eigenvalue weighted by atomic mass is 10.1. The van der Waals surface area contributed by atoms with Gasteiger partial charge >= 0.3 is 0 Å². The highest BCUT2D eigenvalue weighted by atomic mass is 16.2. The van der Waals surface area contributed by atoms with Crippen molar-refractivity contribution in [2.45, 2.75) is 39.4 Å². The summed E-state index contributed by atoms with van der Waals surface area (Å²) in [4.78, 5) is 23.4. The number of hydrogen-bond donors (Lipinski definition) is 1. The molecule has 2 aromatic carbocycles. The van der Waals surface area contributed by atoms with Gasteiger partial charge < -0.3 is 10.2 Å². The van der Waals surface area contributed by atoms with Crippen LogP contribution in [0.3, 0.4) is 0 Å². The van der Waals surface area contributed by atoms with Gasteiger partial charge in [-0.2, -0.15) is 0 Å². The average molecular weight is 374 g/mol. The highest BCUT2D eigenvalue weighted by molar-refractivity contribution is 5.93. The quantitative estimate of drug-likeness (QED) is 0.651. The first kappa shape index (κ1) is 19.5.